The van der Waals surface area contributed by atoms with E-state index in [4.69, 9.17) is 16.6 Å². The van der Waals surface area contributed by atoms with Crippen LogP contribution in [0, 0.1) is 0 Å². The SMILES string of the molecule is CNC(Cc1cc(Br)c(Cl)s1)c1nc2ccccc2s1. The van der Waals surface area contributed by atoms with Gasteiger partial charge < -0.3 is 5.32 Å². The van der Waals surface area contributed by atoms with Crippen LogP contribution in [0.1, 0.15) is 15.9 Å². The highest BCUT2D eigenvalue weighted by Crippen LogP contribution is 2.35. The van der Waals surface area contributed by atoms with Crippen molar-refractivity contribution in [2.45, 2.75) is 12.5 Å². The van der Waals surface area contributed by atoms with Crippen molar-refractivity contribution >= 4 is 60.4 Å². The minimum atomic E-state index is 0.217. The number of benzene rings is 1. The lowest BCUT2D eigenvalue weighted by molar-refractivity contribution is 0.594. The van der Waals surface area contributed by atoms with E-state index in [-0.39, 0.29) is 6.04 Å². The summed E-state index contributed by atoms with van der Waals surface area (Å²) in [5.41, 5.74) is 1.07. The number of halogens is 2. The van der Waals surface area contributed by atoms with Crippen LogP contribution in [-0.2, 0) is 6.42 Å². The smallest absolute Gasteiger partial charge is 0.111 e. The van der Waals surface area contributed by atoms with E-state index in [1.54, 1.807) is 22.7 Å². The van der Waals surface area contributed by atoms with Crippen molar-refractivity contribution in [2.24, 2.45) is 0 Å². The molecule has 20 heavy (non-hydrogen) atoms. The van der Waals surface area contributed by atoms with Gasteiger partial charge in [-0.3, -0.25) is 0 Å². The molecule has 1 unspecified atom stereocenters. The van der Waals surface area contributed by atoms with Crippen LogP contribution >= 0.6 is 50.2 Å². The molecule has 0 saturated heterocycles. The highest BCUT2D eigenvalue weighted by atomic mass is 79.9. The summed E-state index contributed by atoms with van der Waals surface area (Å²) in [5.74, 6) is 0. The molecule has 0 aliphatic carbocycles. The maximum atomic E-state index is 6.10. The Hall–Kier alpha value is -0.460. The Bertz CT molecular complexity index is 685. The number of para-hydroxylation sites is 1. The summed E-state index contributed by atoms with van der Waals surface area (Å²) in [6.45, 7) is 0. The lowest BCUT2D eigenvalue weighted by atomic mass is 10.2. The van der Waals surface area contributed by atoms with Crippen molar-refractivity contribution < 1.29 is 0 Å². The molecule has 0 aliphatic heterocycles. The molecule has 6 heteroatoms. The number of fused-ring (bicyclic) bond motifs is 1. The second-order valence-corrected chi connectivity index (χ2v) is 8.05. The summed E-state index contributed by atoms with van der Waals surface area (Å²) < 4.78 is 3.01. The highest BCUT2D eigenvalue weighted by molar-refractivity contribution is 9.10. The number of nitrogens with one attached hydrogen (secondary N) is 1. The van der Waals surface area contributed by atoms with Gasteiger partial charge in [-0.05, 0) is 41.2 Å². The molecule has 0 aliphatic rings. The first-order chi connectivity index (χ1) is 9.67. The Morgan fingerprint density at radius 2 is 2.15 bits per heavy atom. The number of likely N-dealkylation sites (N-methyl/N-ethyl adjacent to an activating group) is 1. The third kappa shape index (κ3) is 2.92. The minimum Gasteiger partial charge on any atom is -0.311 e. The van der Waals surface area contributed by atoms with Crippen LogP contribution in [0.2, 0.25) is 4.34 Å². The van der Waals surface area contributed by atoms with Gasteiger partial charge in [0, 0.05) is 15.8 Å². The molecule has 3 rings (SSSR count). The number of hydrogen-bond acceptors (Lipinski definition) is 4. The van der Waals surface area contributed by atoms with E-state index in [9.17, 15) is 0 Å². The largest absolute Gasteiger partial charge is 0.311 e. The predicted octanol–water partition coefficient (Wildman–Crippen LogP) is 5.28. The molecule has 3 aromatic rings. The molecular formula is C14H12BrClN2S2. The number of thiazole rings is 1. The fourth-order valence-corrected chi connectivity index (χ4v) is 4.96. The second kappa shape index (κ2) is 6.12. The van der Waals surface area contributed by atoms with Crippen molar-refractivity contribution in [3.8, 4) is 0 Å². The van der Waals surface area contributed by atoms with Gasteiger partial charge in [0.05, 0.1) is 16.3 Å². The molecule has 0 bridgehead atoms. The Labute approximate surface area is 138 Å². The third-order valence-electron chi connectivity index (χ3n) is 3.06. The van der Waals surface area contributed by atoms with Crippen LogP contribution in [0.5, 0.6) is 0 Å². The average Bonchev–Trinajstić information content (AvgIpc) is 3.00. The van der Waals surface area contributed by atoms with Gasteiger partial charge in [-0.2, -0.15) is 0 Å². The van der Waals surface area contributed by atoms with E-state index in [0.29, 0.717) is 0 Å². The van der Waals surface area contributed by atoms with Crippen LogP contribution < -0.4 is 5.32 Å². The molecular weight excluding hydrogens is 376 g/mol. The van der Waals surface area contributed by atoms with E-state index in [1.807, 2.05) is 13.1 Å². The summed E-state index contributed by atoms with van der Waals surface area (Å²) in [6, 6.07) is 10.5. The van der Waals surface area contributed by atoms with Crippen LogP contribution in [0.25, 0.3) is 10.2 Å². The Kier molecular flexibility index (Phi) is 4.43. The first-order valence-corrected chi connectivity index (χ1v) is 8.94. The molecule has 0 radical (unpaired) electrons. The van der Waals surface area contributed by atoms with E-state index in [2.05, 4.69) is 45.5 Å². The maximum absolute atomic E-state index is 6.10. The summed E-state index contributed by atoms with van der Waals surface area (Å²) in [6.07, 6.45) is 0.895. The molecule has 104 valence electrons. The first kappa shape index (κ1) is 14.5. The minimum absolute atomic E-state index is 0.217. The van der Waals surface area contributed by atoms with Crippen LogP contribution in [0.3, 0.4) is 0 Å². The molecule has 1 N–H and O–H groups in total. The molecule has 0 amide bonds. The summed E-state index contributed by atoms with van der Waals surface area (Å²) in [4.78, 5) is 5.98. The Balaban J connectivity index is 1.89. The molecule has 1 aromatic carbocycles. The topological polar surface area (TPSA) is 24.9 Å². The van der Waals surface area contributed by atoms with Crippen molar-refractivity contribution in [3.05, 3.63) is 49.0 Å². The Morgan fingerprint density at radius 1 is 1.35 bits per heavy atom. The summed E-state index contributed by atoms with van der Waals surface area (Å²) in [7, 11) is 1.97. The number of aromatic nitrogens is 1. The molecule has 2 aromatic heterocycles. The fraction of sp³-hybridized carbons (Fsp3) is 0.214. The van der Waals surface area contributed by atoms with Gasteiger partial charge in [-0.1, -0.05) is 23.7 Å². The van der Waals surface area contributed by atoms with Gasteiger partial charge >= 0.3 is 0 Å². The number of hydrogen-bond donors (Lipinski definition) is 1. The Morgan fingerprint density at radius 3 is 2.80 bits per heavy atom. The normalized spacial score (nSPS) is 12.9. The number of rotatable bonds is 4. The zero-order valence-electron chi connectivity index (χ0n) is 10.7. The van der Waals surface area contributed by atoms with Gasteiger partial charge in [-0.15, -0.1) is 22.7 Å². The van der Waals surface area contributed by atoms with Crippen molar-refractivity contribution in [1.29, 1.82) is 0 Å². The van der Waals surface area contributed by atoms with E-state index >= 15 is 0 Å². The highest BCUT2D eigenvalue weighted by Gasteiger charge is 2.17. The number of nitrogens with zero attached hydrogens (tertiary/aromatic N) is 1. The van der Waals surface area contributed by atoms with Crippen LogP contribution in [-0.4, -0.2) is 12.0 Å². The molecule has 2 nitrogen and oxygen atoms in total. The van der Waals surface area contributed by atoms with E-state index < -0.39 is 0 Å². The zero-order valence-corrected chi connectivity index (χ0v) is 14.7. The predicted molar refractivity (Wildman–Crippen MR) is 92.2 cm³/mol. The van der Waals surface area contributed by atoms with E-state index in [1.165, 1.54) is 9.58 Å². The van der Waals surface area contributed by atoms with Gasteiger partial charge in [0.1, 0.15) is 9.34 Å². The van der Waals surface area contributed by atoms with Gasteiger partial charge in [0.2, 0.25) is 0 Å². The molecule has 1 atom stereocenters. The third-order valence-corrected chi connectivity index (χ3v) is 6.71. The fourth-order valence-electron chi connectivity index (χ4n) is 2.05. The average molecular weight is 388 g/mol. The van der Waals surface area contributed by atoms with Crippen molar-refractivity contribution in [1.82, 2.24) is 10.3 Å². The lowest BCUT2D eigenvalue weighted by Crippen LogP contribution is -2.18. The monoisotopic (exact) mass is 386 g/mol. The molecule has 0 fully saturated rings. The number of thiophene rings is 1. The van der Waals surface area contributed by atoms with Crippen LogP contribution in [0.4, 0.5) is 0 Å². The van der Waals surface area contributed by atoms with E-state index in [0.717, 1.165) is 25.8 Å². The zero-order chi connectivity index (χ0) is 14.1. The molecule has 0 spiro atoms. The van der Waals surface area contributed by atoms with Crippen LogP contribution in [0.15, 0.2) is 34.8 Å². The first-order valence-electron chi connectivity index (χ1n) is 6.14. The van der Waals surface area contributed by atoms with Crippen molar-refractivity contribution in [2.75, 3.05) is 7.05 Å². The van der Waals surface area contributed by atoms with Crippen molar-refractivity contribution in [3.63, 3.8) is 0 Å². The second-order valence-electron chi connectivity index (χ2n) is 4.40. The quantitative estimate of drug-likeness (QED) is 0.659. The maximum Gasteiger partial charge on any atom is 0.111 e. The molecule has 0 saturated carbocycles. The summed E-state index contributed by atoms with van der Waals surface area (Å²) in [5, 5.41) is 4.47. The standard InChI is InChI=1S/C14H12BrClN2S2/c1-17-11(7-8-6-9(15)13(16)19-8)14-18-10-4-2-3-5-12(10)20-14/h2-6,11,17H,7H2,1H3. The lowest BCUT2D eigenvalue weighted by Gasteiger charge is -2.11. The molecule has 2 heterocycles. The van der Waals surface area contributed by atoms with Gasteiger partial charge in [0.25, 0.3) is 0 Å². The van der Waals surface area contributed by atoms with Gasteiger partial charge in [-0.25, -0.2) is 4.98 Å². The van der Waals surface area contributed by atoms with Gasteiger partial charge in [0.15, 0.2) is 0 Å². The summed E-state index contributed by atoms with van der Waals surface area (Å²) >= 11 is 12.9.